The molecule has 0 spiro atoms. The van der Waals surface area contributed by atoms with Crippen molar-refractivity contribution in [2.75, 3.05) is 4.90 Å². The highest BCUT2D eigenvalue weighted by atomic mass is 32.1. The molecule has 0 atom stereocenters. The molecule has 2 heteroatoms. The topological polar surface area (TPSA) is 3.24 Å². The van der Waals surface area contributed by atoms with Crippen LogP contribution in [0.15, 0.2) is 152 Å². The fourth-order valence-corrected chi connectivity index (χ4v) is 8.01. The van der Waals surface area contributed by atoms with Gasteiger partial charge in [0.1, 0.15) is 0 Å². The monoisotopic (exact) mass is 551 g/mol. The number of fused-ring (bicyclic) bond motifs is 10. The smallest absolute Gasteiger partial charge is 0.0640 e. The number of nitrogens with zero attached hydrogens (tertiary/aromatic N) is 1. The highest BCUT2D eigenvalue weighted by Gasteiger charge is 2.21. The molecule has 0 bridgehead atoms. The van der Waals surface area contributed by atoms with Gasteiger partial charge in [0.05, 0.1) is 10.4 Å². The van der Waals surface area contributed by atoms with Gasteiger partial charge in [0.2, 0.25) is 0 Å². The molecule has 1 nitrogen and oxygen atoms in total. The summed E-state index contributed by atoms with van der Waals surface area (Å²) in [6, 6.07) is 55.4. The standard InChI is InChI=1S/C40H25NS/c1-3-12-28-24-30(22-20-26(28)10-1)41(31-23-21-27-11-2-4-13-29(27)25-31)37-19-9-18-36-38-34-16-7-5-14-32(34)33-15-6-8-17-35(33)40(38)42-39(36)37/h1-25H. The van der Waals surface area contributed by atoms with Gasteiger partial charge >= 0.3 is 0 Å². The van der Waals surface area contributed by atoms with E-state index in [1.807, 2.05) is 11.3 Å². The van der Waals surface area contributed by atoms with Crippen LogP contribution in [-0.2, 0) is 0 Å². The average Bonchev–Trinajstić information content (AvgIpc) is 3.46. The van der Waals surface area contributed by atoms with E-state index >= 15 is 0 Å². The van der Waals surface area contributed by atoms with Gasteiger partial charge in [-0.2, -0.15) is 0 Å². The first-order chi connectivity index (χ1) is 20.8. The van der Waals surface area contributed by atoms with Gasteiger partial charge in [-0.3, -0.25) is 0 Å². The zero-order valence-corrected chi connectivity index (χ0v) is 23.6. The van der Waals surface area contributed by atoms with Crippen molar-refractivity contribution in [2.24, 2.45) is 0 Å². The van der Waals surface area contributed by atoms with Gasteiger partial charge in [-0.05, 0) is 68.0 Å². The molecule has 0 unspecified atom stereocenters. The molecule has 0 radical (unpaired) electrons. The van der Waals surface area contributed by atoms with Crippen molar-refractivity contribution >= 4 is 91.7 Å². The molecule has 0 aliphatic rings. The predicted octanol–water partition coefficient (Wildman–Crippen LogP) is 12.1. The summed E-state index contributed by atoms with van der Waals surface area (Å²) >= 11 is 1.92. The van der Waals surface area contributed by atoms with E-state index in [4.69, 9.17) is 0 Å². The lowest BCUT2D eigenvalue weighted by Gasteiger charge is -2.27. The van der Waals surface area contributed by atoms with Crippen LogP contribution in [-0.4, -0.2) is 0 Å². The van der Waals surface area contributed by atoms with E-state index in [1.54, 1.807) is 0 Å². The molecule has 1 heterocycles. The molecule has 9 rings (SSSR count). The van der Waals surface area contributed by atoms with Crippen LogP contribution in [0.25, 0.3) is 63.3 Å². The summed E-state index contributed by atoms with van der Waals surface area (Å²) < 4.78 is 2.65. The molecule has 196 valence electrons. The molecule has 0 N–H and O–H groups in total. The fourth-order valence-electron chi connectivity index (χ4n) is 6.65. The van der Waals surface area contributed by atoms with Crippen LogP contribution >= 0.6 is 11.3 Å². The van der Waals surface area contributed by atoms with Crippen LogP contribution in [0.3, 0.4) is 0 Å². The molecule has 9 aromatic rings. The number of benzene rings is 8. The van der Waals surface area contributed by atoms with Crippen molar-refractivity contribution < 1.29 is 0 Å². The number of thiophene rings is 1. The minimum atomic E-state index is 1.16. The van der Waals surface area contributed by atoms with Gasteiger partial charge in [0, 0.05) is 32.2 Å². The van der Waals surface area contributed by atoms with E-state index in [0.29, 0.717) is 0 Å². The Morgan fingerprint density at radius 1 is 0.357 bits per heavy atom. The van der Waals surface area contributed by atoms with E-state index < -0.39 is 0 Å². The summed E-state index contributed by atoms with van der Waals surface area (Å²) in [5, 5.41) is 12.9. The Kier molecular flexibility index (Phi) is 5.13. The van der Waals surface area contributed by atoms with Crippen molar-refractivity contribution in [1.29, 1.82) is 0 Å². The summed E-state index contributed by atoms with van der Waals surface area (Å²) in [6.45, 7) is 0. The second kappa shape index (κ2) is 9.17. The van der Waals surface area contributed by atoms with Gasteiger partial charge in [-0.15, -0.1) is 11.3 Å². The zero-order valence-electron chi connectivity index (χ0n) is 22.8. The third kappa shape index (κ3) is 3.49. The maximum absolute atomic E-state index is 2.45. The maximum Gasteiger partial charge on any atom is 0.0640 e. The molecule has 1 aromatic heterocycles. The number of anilines is 3. The van der Waals surface area contributed by atoms with Crippen LogP contribution in [0, 0.1) is 0 Å². The molecule has 42 heavy (non-hydrogen) atoms. The van der Waals surface area contributed by atoms with Gasteiger partial charge in [0.15, 0.2) is 0 Å². The number of hydrogen-bond donors (Lipinski definition) is 0. The Morgan fingerprint density at radius 2 is 0.857 bits per heavy atom. The van der Waals surface area contributed by atoms with Crippen LogP contribution in [0.4, 0.5) is 17.1 Å². The molecular weight excluding hydrogens is 527 g/mol. The number of rotatable bonds is 3. The minimum Gasteiger partial charge on any atom is -0.309 e. The molecule has 0 fully saturated rings. The Hall–Kier alpha value is -5.18. The van der Waals surface area contributed by atoms with Crippen molar-refractivity contribution in [3.8, 4) is 0 Å². The van der Waals surface area contributed by atoms with Crippen LogP contribution in [0.5, 0.6) is 0 Å². The van der Waals surface area contributed by atoms with Crippen molar-refractivity contribution in [3.05, 3.63) is 152 Å². The third-order valence-corrected chi connectivity index (χ3v) is 9.84. The molecular formula is C40H25NS. The lowest BCUT2D eigenvalue weighted by atomic mass is 9.97. The maximum atomic E-state index is 2.45. The Bertz CT molecular complexity index is 2410. The second-order valence-electron chi connectivity index (χ2n) is 10.9. The number of hydrogen-bond acceptors (Lipinski definition) is 2. The minimum absolute atomic E-state index is 1.16. The van der Waals surface area contributed by atoms with Crippen molar-refractivity contribution in [1.82, 2.24) is 0 Å². The summed E-state index contributed by atoms with van der Waals surface area (Å²) in [4.78, 5) is 2.45. The van der Waals surface area contributed by atoms with Crippen molar-refractivity contribution in [2.45, 2.75) is 0 Å². The molecule has 0 aliphatic heterocycles. The van der Waals surface area contributed by atoms with Gasteiger partial charge < -0.3 is 4.90 Å². The quantitative estimate of drug-likeness (QED) is 0.197. The summed E-state index contributed by atoms with van der Waals surface area (Å²) in [5.74, 6) is 0. The molecule has 0 saturated carbocycles. The summed E-state index contributed by atoms with van der Waals surface area (Å²) in [5.41, 5.74) is 3.51. The predicted molar refractivity (Wildman–Crippen MR) is 184 cm³/mol. The van der Waals surface area contributed by atoms with Crippen LogP contribution < -0.4 is 4.90 Å². The first-order valence-corrected chi connectivity index (χ1v) is 15.2. The summed E-state index contributed by atoms with van der Waals surface area (Å²) in [6.07, 6.45) is 0. The van der Waals surface area contributed by atoms with E-state index in [-0.39, 0.29) is 0 Å². The molecule has 0 saturated heterocycles. The van der Waals surface area contributed by atoms with Gasteiger partial charge in [-0.25, -0.2) is 0 Å². The van der Waals surface area contributed by atoms with E-state index in [9.17, 15) is 0 Å². The Labute approximate surface area is 247 Å². The lowest BCUT2D eigenvalue weighted by molar-refractivity contribution is 1.31. The first-order valence-electron chi connectivity index (χ1n) is 14.4. The average molecular weight is 552 g/mol. The molecule has 0 amide bonds. The normalized spacial score (nSPS) is 11.8. The van der Waals surface area contributed by atoms with Gasteiger partial charge in [-0.1, -0.05) is 121 Å². The van der Waals surface area contributed by atoms with Crippen molar-refractivity contribution in [3.63, 3.8) is 0 Å². The SMILES string of the molecule is c1ccc2cc(N(c3ccc4ccccc4c3)c3cccc4c3sc3c5ccccc5c5ccccc5c43)ccc2c1. The van der Waals surface area contributed by atoms with Crippen LogP contribution in [0.2, 0.25) is 0 Å². The van der Waals surface area contributed by atoms with E-state index in [1.165, 1.54) is 68.9 Å². The molecule has 8 aromatic carbocycles. The fraction of sp³-hybridized carbons (Fsp3) is 0. The van der Waals surface area contributed by atoms with E-state index in [2.05, 4.69) is 157 Å². The van der Waals surface area contributed by atoms with Crippen LogP contribution in [0.1, 0.15) is 0 Å². The van der Waals surface area contributed by atoms with Gasteiger partial charge in [0.25, 0.3) is 0 Å². The highest BCUT2D eigenvalue weighted by Crippen LogP contribution is 2.49. The second-order valence-corrected chi connectivity index (χ2v) is 12.0. The third-order valence-electron chi connectivity index (χ3n) is 8.58. The Morgan fingerprint density at radius 3 is 1.50 bits per heavy atom. The largest absolute Gasteiger partial charge is 0.309 e. The van der Waals surface area contributed by atoms with E-state index in [0.717, 1.165) is 11.4 Å². The lowest BCUT2D eigenvalue weighted by Crippen LogP contribution is -2.10. The highest BCUT2D eigenvalue weighted by molar-refractivity contribution is 7.27. The Balaban J connectivity index is 1.39. The summed E-state index contributed by atoms with van der Waals surface area (Å²) in [7, 11) is 0. The zero-order chi connectivity index (χ0) is 27.6. The molecule has 0 aliphatic carbocycles. The first kappa shape index (κ1) is 23.5.